The molecule has 2 heterocycles. The summed E-state index contributed by atoms with van der Waals surface area (Å²) >= 11 is 6.27. The van der Waals surface area contributed by atoms with E-state index in [0.29, 0.717) is 18.2 Å². The molecule has 1 aliphatic rings. The number of rotatable bonds is 7. The first-order chi connectivity index (χ1) is 13.7. The molecular formula is C21H27ClIN5O. The average Bonchev–Trinajstić information content (AvgIpc) is 3.18. The van der Waals surface area contributed by atoms with Gasteiger partial charge in [-0.1, -0.05) is 42.5 Å². The quantitative estimate of drug-likeness (QED) is 0.248. The van der Waals surface area contributed by atoms with Crippen molar-refractivity contribution in [1.82, 2.24) is 15.6 Å². The highest BCUT2D eigenvalue weighted by Crippen LogP contribution is 2.25. The van der Waals surface area contributed by atoms with E-state index in [-0.39, 0.29) is 30.0 Å². The van der Waals surface area contributed by atoms with E-state index in [1.54, 1.807) is 19.3 Å². The van der Waals surface area contributed by atoms with E-state index in [0.717, 1.165) is 42.6 Å². The van der Waals surface area contributed by atoms with Crippen molar-refractivity contribution in [2.45, 2.75) is 19.0 Å². The Balaban J connectivity index is 0.00000300. The molecule has 0 aliphatic carbocycles. The average molecular weight is 528 g/mol. The van der Waals surface area contributed by atoms with Crippen LogP contribution in [0, 0.1) is 0 Å². The minimum Gasteiger partial charge on any atom is -0.489 e. The van der Waals surface area contributed by atoms with Crippen molar-refractivity contribution >= 4 is 47.4 Å². The zero-order valence-electron chi connectivity index (χ0n) is 16.5. The second kappa shape index (κ2) is 11.9. The summed E-state index contributed by atoms with van der Waals surface area (Å²) in [5.74, 6) is 2.45. The predicted octanol–water partition coefficient (Wildman–Crippen LogP) is 3.86. The van der Waals surface area contributed by atoms with Gasteiger partial charge in [-0.3, -0.25) is 4.99 Å². The first kappa shape index (κ1) is 23.3. The van der Waals surface area contributed by atoms with E-state index in [4.69, 9.17) is 16.3 Å². The Morgan fingerprint density at radius 3 is 2.97 bits per heavy atom. The lowest BCUT2D eigenvalue weighted by Gasteiger charge is -2.20. The Labute approximate surface area is 194 Å². The van der Waals surface area contributed by atoms with E-state index in [1.165, 1.54) is 0 Å². The van der Waals surface area contributed by atoms with Gasteiger partial charge in [0.25, 0.3) is 0 Å². The Hall–Kier alpha value is -2.00. The van der Waals surface area contributed by atoms with Gasteiger partial charge in [0.2, 0.25) is 0 Å². The van der Waals surface area contributed by atoms with Gasteiger partial charge in [0.05, 0.1) is 5.02 Å². The number of para-hydroxylation sites is 1. The fourth-order valence-electron chi connectivity index (χ4n) is 3.19. The Kier molecular flexibility index (Phi) is 9.53. The van der Waals surface area contributed by atoms with Crippen molar-refractivity contribution < 1.29 is 4.74 Å². The van der Waals surface area contributed by atoms with Crippen molar-refractivity contribution in [2.75, 3.05) is 31.6 Å². The minimum atomic E-state index is 0. The molecule has 156 valence electrons. The highest BCUT2D eigenvalue weighted by atomic mass is 127. The fraction of sp³-hybridized carbons (Fsp3) is 0.333. The molecule has 0 radical (unpaired) electrons. The Bertz CT molecular complexity index is 832. The van der Waals surface area contributed by atoms with Crippen LogP contribution in [0.4, 0.5) is 5.82 Å². The topological polar surface area (TPSA) is 61.8 Å². The summed E-state index contributed by atoms with van der Waals surface area (Å²) in [5, 5.41) is 7.54. The number of nitrogens with zero attached hydrogens (tertiary/aromatic N) is 3. The summed E-state index contributed by atoms with van der Waals surface area (Å²) in [6.45, 7) is 6.54. The van der Waals surface area contributed by atoms with Crippen LogP contribution in [0.2, 0.25) is 5.02 Å². The maximum Gasteiger partial charge on any atom is 0.191 e. The van der Waals surface area contributed by atoms with Gasteiger partial charge in [-0.05, 0) is 24.6 Å². The van der Waals surface area contributed by atoms with Crippen LogP contribution in [-0.4, -0.2) is 43.7 Å². The van der Waals surface area contributed by atoms with Crippen LogP contribution in [0.3, 0.4) is 0 Å². The summed E-state index contributed by atoms with van der Waals surface area (Å²) < 4.78 is 5.72. The number of benzene rings is 1. The van der Waals surface area contributed by atoms with Gasteiger partial charge in [0.15, 0.2) is 5.96 Å². The molecule has 8 heteroatoms. The maximum atomic E-state index is 6.27. The van der Waals surface area contributed by atoms with Crippen LogP contribution < -0.4 is 20.3 Å². The number of anilines is 1. The molecule has 0 saturated carbocycles. The zero-order valence-corrected chi connectivity index (χ0v) is 19.6. The van der Waals surface area contributed by atoms with Crippen molar-refractivity contribution in [1.29, 1.82) is 0 Å². The number of halogens is 2. The molecular weight excluding hydrogens is 501 g/mol. The third-order valence-electron chi connectivity index (χ3n) is 4.57. The smallest absolute Gasteiger partial charge is 0.191 e. The Morgan fingerprint density at radius 2 is 2.21 bits per heavy atom. The van der Waals surface area contributed by atoms with Crippen molar-refractivity contribution in [3.05, 3.63) is 65.8 Å². The number of guanidine groups is 1. The van der Waals surface area contributed by atoms with Gasteiger partial charge in [-0.2, -0.15) is 0 Å². The Morgan fingerprint density at radius 1 is 1.38 bits per heavy atom. The number of aliphatic imine (C=N–C) groups is 1. The normalized spacial score (nSPS) is 16.1. The molecule has 1 atom stereocenters. The summed E-state index contributed by atoms with van der Waals surface area (Å²) in [4.78, 5) is 11.0. The SMILES string of the molecule is C=CCOc1ccccc1CNC(=NC)NC1CCN(c2ncccc2Cl)C1.I. The predicted molar refractivity (Wildman–Crippen MR) is 131 cm³/mol. The zero-order chi connectivity index (χ0) is 19.8. The molecule has 2 N–H and O–H groups in total. The number of aromatic nitrogens is 1. The molecule has 1 unspecified atom stereocenters. The second-order valence-corrected chi connectivity index (χ2v) is 6.93. The lowest BCUT2D eigenvalue weighted by molar-refractivity contribution is 0.358. The summed E-state index contributed by atoms with van der Waals surface area (Å²) in [6, 6.07) is 12.0. The third-order valence-corrected chi connectivity index (χ3v) is 4.86. The van der Waals surface area contributed by atoms with Crippen LogP contribution in [0.5, 0.6) is 5.75 Å². The molecule has 0 spiro atoms. The molecule has 1 aliphatic heterocycles. The molecule has 1 aromatic heterocycles. The molecule has 29 heavy (non-hydrogen) atoms. The monoisotopic (exact) mass is 527 g/mol. The van der Waals surface area contributed by atoms with Gasteiger partial charge in [0.1, 0.15) is 18.2 Å². The number of hydrogen-bond donors (Lipinski definition) is 2. The molecule has 2 aromatic rings. The summed E-state index contributed by atoms with van der Waals surface area (Å²) in [5.41, 5.74) is 1.07. The minimum absolute atomic E-state index is 0. The summed E-state index contributed by atoms with van der Waals surface area (Å²) in [6.07, 6.45) is 4.51. The van der Waals surface area contributed by atoms with E-state index < -0.39 is 0 Å². The van der Waals surface area contributed by atoms with Crippen LogP contribution in [-0.2, 0) is 6.54 Å². The van der Waals surface area contributed by atoms with Crippen LogP contribution >= 0.6 is 35.6 Å². The van der Waals surface area contributed by atoms with Crippen molar-refractivity contribution in [3.8, 4) is 5.75 Å². The largest absolute Gasteiger partial charge is 0.489 e. The number of hydrogen-bond acceptors (Lipinski definition) is 4. The van der Waals surface area contributed by atoms with Crippen LogP contribution in [0.1, 0.15) is 12.0 Å². The van der Waals surface area contributed by atoms with Gasteiger partial charge >= 0.3 is 0 Å². The molecule has 0 bridgehead atoms. The molecule has 6 nitrogen and oxygen atoms in total. The molecule has 0 amide bonds. The number of nitrogens with one attached hydrogen (secondary N) is 2. The molecule has 1 aromatic carbocycles. The van der Waals surface area contributed by atoms with E-state index in [9.17, 15) is 0 Å². The van der Waals surface area contributed by atoms with Crippen LogP contribution in [0.25, 0.3) is 0 Å². The first-order valence-corrected chi connectivity index (χ1v) is 9.73. The molecule has 1 fully saturated rings. The van der Waals surface area contributed by atoms with Crippen molar-refractivity contribution in [2.24, 2.45) is 4.99 Å². The van der Waals surface area contributed by atoms with E-state index >= 15 is 0 Å². The van der Waals surface area contributed by atoms with Crippen LogP contribution in [0.15, 0.2) is 60.2 Å². The first-order valence-electron chi connectivity index (χ1n) is 9.35. The standard InChI is InChI=1S/C21H26ClN5O.HI/c1-3-13-28-19-9-5-4-7-16(19)14-25-21(23-2)26-17-10-12-27(15-17)20-18(22)8-6-11-24-20;/h3-9,11,17H,1,10,12-15H2,2H3,(H2,23,25,26);1H. The van der Waals surface area contributed by atoms with E-state index in [2.05, 4.69) is 32.1 Å². The number of ether oxygens (including phenoxy) is 1. The van der Waals surface area contributed by atoms with Crippen molar-refractivity contribution in [3.63, 3.8) is 0 Å². The lowest BCUT2D eigenvalue weighted by atomic mass is 10.2. The van der Waals surface area contributed by atoms with Gasteiger partial charge < -0.3 is 20.3 Å². The van der Waals surface area contributed by atoms with E-state index in [1.807, 2.05) is 36.4 Å². The van der Waals surface area contributed by atoms with Gasteiger partial charge in [-0.25, -0.2) is 4.98 Å². The highest BCUT2D eigenvalue weighted by Gasteiger charge is 2.25. The van der Waals surface area contributed by atoms with Gasteiger partial charge in [-0.15, -0.1) is 24.0 Å². The molecule has 1 saturated heterocycles. The third kappa shape index (κ3) is 6.50. The molecule has 3 rings (SSSR count). The second-order valence-electron chi connectivity index (χ2n) is 6.52. The highest BCUT2D eigenvalue weighted by molar-refractivity contribution is 14.0. The lowest BCUT2D eigenvalue weighted by Crippen LogP contribution is -2.44. The summed E-state index contributed by atoms with van der Waals surface area (Å²) in [7, 11) is 1.78. The van der Waals surface area contributed by atoms with Gasteiger partial charge in [0, 0.05) is 44.5 Å². The fourth-order valence-corrected chi connectivity index (χ4v) is 3.43. The number of pyridine rings is 1. The maximum absolute atomic E-state index is 6.27.